The van der Waals surface area contributed by atoms with Gasteiger partial charge >= 0.3 is 6.18 Å². The number of anilines is 1. The lowest BCUT2D eigenvalue weighted by molar-refractivity contribution is -0.140. The molecule has 2 N–H and O–H groups in total. The van der Waals surface area contributed by atoms with Crippen LogP contribution in [0.3, 0.4) is 0 Å². The van der Waals surface area contributed by atoms with E-state index in [4.69, 9.17) is 0 Å². The van der Waals surface area contributed by atoms with Crippen molar-refractivity contribution in [1.29, 1.82) is 0 Å². The molecule has 2 amide bonds. The summed E-state index contributed by atoms with van der Waals surface area (Å²) in [5, 5.41) is 15.0. The molecule has 3 aromatic carbocycles. The van der Waals surface area contributed by atoms with E-state index in [0.717, 1.165) is 12.1 Å². The summed E-state index contributed by atoms with van der Waals surface area (Å²) in [6.07, 6.45) is -5.11. The molecule has 2 aliphatic rings. The first-order valence-corrected chi connectivity index (χ1v) is 18.6. The van der Waals surface area contributed by atoms with Gasteiger partial charge < -0.3 is 5.32 Å². The van der Waals surface area contributed by atoms with E-state index in [1.807, 2.05) is 4.90 Å². The number of amides is 2. The molecule has 2 atom stereocenters. The number of fused-ring (bicyclic) bond motifs is 1. The number of carbonyl (C=O) groups excluding carboxylic acids is 2. The molecule has 0 saturated carbocycles. The molecule has 0 unspecified atom stereocenters. The lowest BCUT2D eigenvalue weighted by Gasteiger charge is -2.35. The zero-order chi connectivity index (χ0) is 40.8. The van der Waals surface area contributed by atoms with Crippen LogP contribution in [0.5, 0.6) is 0 Å². The lowest BCUT2D eigenvalue weighted by atomic mass is 9.74. The predicted octanol–water partition coefficient (Wildman–Crippen LogP) is 9.48. The number of alkyl halides is 5. The van der Waals surface area contributed by atoms with Gasteiger partial charge in [0.2, 0.25) is 11.8 Å². The van der Waals surface area contributed by atoms with Crippen molar-refractivity contribution < 1.29 is 40.3 Å². The molecule has 15 heteroatoms. The van der Waals surface area contributed by atoms with E-state index in [-0.39, 0.29) is 41.9 Å². The Morgan fingerprint density at radius 1 is 0.965 bits per heavy atom. The number of nitrogens with zero attached hydrogens (tertiary/aromatic N) is 4. The van der Waals surface area contributed by atoms with Crippen LogP contribution >= 0.6 is 0 Å². The van der Waals surface area contributed by atoms with E-state index in [0.29, 0.717) is 59.2 Å². The molecule has 2 aromatic heterocycles. The summed E-state index contributed by atoms with van der Waals surface area (Å²) in [7, 11) is 0. The smallest absolute Gasteiger partial charge is 0.361 e. The normalized spacial score (nSPS) is 18.9. The van der Waals surface area contributed by atoms with Crippen LogP contribution in [0.25, 0.3) is 22.0 Å². The molecule has 0 bridgehead atoms. The van der Waals surface area contributed by atoms with Gasteiger partial charge in [0.15, 0.2) is 5.82 Å². The molecule has 2 fully saturated rings. The first-order chi connectivity index (χ1) is 27.0. The number of likely N-dealkylation sites (tertiary alicyclic amines) is 1. The van der Waals surface area contributed by atoms with Crippen molar-refractivity contribution in [1.82, 2.24) is 25.4 Å². The molecule has 5 aromatic rings. The third-order valence-corrected chi connectivity index (χ3v) is 11.3. The molecule has 0 aliphatic carbocycles. The molecule has 7 rings (SSSR count). The Labute approximate surface area is 323 Å². The van der Waals surface area contributed by atoms with Crippen LogP contribution in [-0.2, 0) is 27.7 Å². The number of nitrogens with one attached hydrogen (secondary N) is 2. The van der Waals surface area contributed by atoms with Gasteiger partial charge in [0, 0.05) is 46.6 Å². The fraction of sp³-hybridized carbons (Fsp3) is 0.357. The molecule has 57 heavy (non-hydrogen) atoms. The van der Waals surface area contributed by atoms with Gasteiger partial charge in [-0.25, -0.2) is 17.6 Å². The Kier molecular flexibility index (Phi) is 10.8. The molecule has 8 nitrogen and oxygen atoms in total. The van der Waals surface area contributed by atoms with Gasteiger partial charge in [0.05, 0.1) is 34.0 Å². The minimum Gasteiger partial charge on any atom is -0.361 e. The average molecular weight is 793 g/mol. The number of imide groups is 1. The summed E-state index contributed by atoms with van der Waals surface area (Å²) in [6, 6.07) is 13.4. The highest BCUT2D eigenvalue weighted by molar-refractivity contribution is 6.03. The molecule has 0 radical (unpaired) electrons. The van der Waals surface area contributed by atoms with Gasteiger partial charge in [0.1, 0.15) is 11.6 Å². The first kappa shape index (κ1) is 39.8. The van der Waals surface area contributed by atoms with Crippen LogP contribution in [0.1, 0.15) is 97.0 Å². The highest BCUT2D eigenvalue weighted by Gasteiger charge is 2.43. The fourth-order valence-electron chi connectivity index (χ4n) is 7.87. The van der Waals surface area contributed by atoms with Crippen molar-refractivity contribution in [3.8, 4) is 11.3 Å². The van der Waals surface area contributed by atoms with Gasteiger partial charge in [-0.2, -0.15) is 18.3 Å². The van der Waals surface area contributed by atoms with E-state index in [2.05, 4.69) is 25.8 Å². The maximum absolute atomic E-state index is 15.3. The lowest BCUT2D eigenvalue weighted by Crippen LogP contribution is -2.49. The van der Waals surface area contributed by atoms with Crippen LogP contribution < -0.4 is 10.6 Å². The Hall–Kier alpha value is -5.44. The average Bonchev–Trinajstić information content (AvgIpc) is 3.18. The van der Waals surface area contributed by atoms with Crippen molar-refractivity contribution in [2.45, 2.75) is 83.0 Å². The van der Waals surface area contributed by atoms with Gasteiger partial charge in [0.25, 0.3) is 6.43 Å². The SMILES string of the molecule is Cc1nnc(N[C@H](C)c2cccc(C(F)F)c2F)c2cc(-c3ccc(F)c(CN4CCC(c5ccc([C@@]6(C)CCC(=O)NC6=O)cc5C(F)(F)F)CC4)c3)ncc12. The Bertz CT molecular complexity index is 2360. The zero-order valence-corrected chi connectivity index (χ0v) is 31.3. The van der Waals surface area contributed by atoms with Crippen molar-refractivity contribution in [3.63, 3.8) is 0 Å². The van der Waals surface area contributed by atoms with Crippen LogP contribution in [0.2, 0.25) is 0 Å². The number of hydrogen-bond donors (Lipinski definition) is 2. The number of rotatable bonds is 9. The predicted molar refractivity (Wildman–Crippen MR) is 199 cm³/mol. The number of carbonyl (C=O) groups is 2. The maximum atomic E-state index is 15.3. The highest BCUT2D eigenvalue weighted by atomic mass is 19.4. The number of piperidine rings is 2. The molecular weight excluding hydrogens is 753 g/mol. The summed E-state index contributed by atoms with van der Waals surface area (Å²) in [6.45, 7) is 5.94. The van der Waals surface area contributed by atoms with Gasteiger partial charge in [-0.15, -0.1) is 5.10 Å². The van der Waals surface area contributed by atoms with Crippen LogP contribution in [0, 0.1) is 18.6 Å². The maximum Gasteiger partial charge on any atom is 0.416 e. The molecular formula is C42H39F7N6O2. The summed E-state index contributed by atoms with van der Waals surface area (Å²) < 4.78 is 100. The Morgan fingerprint density at radius 2 is 1.70 bits per heavy atom. The molecule has 2 aliphatic heterocycles. The van der Waals surface area contributed by atoms with Crippen LogP contribution in [-0.4, -0.2) is 45.0 Å². The number of benzene rings is 3. The molecule has 2 saturated heterocycles. The minimum absolute atomic E-state index is 0.0303. The van der Waals surface area contributed by atoms with Crippen molar-refractivity contribution >= 4 is 28.4 Å². The van der Waals surface area contributed by atoms with E-state index in [1.165, 1.54) is 24.3 Å². The third kappa shape index (κ3) is 7.94. The number of hydrogen-bond acceptors (Lipinski definition) is 7. The van der Waals surface area contributed by atoms with E-state index in [9.17, 15) is 35.9 Å². The van der Waals surface area contributed by atoms with Crippen molar-refractivity contribution in [3.05, 3.63) is 118 Å². The van der Waals surface area contributed by atoms with E-state index >= 15 is 4.39 Å². The Balaban J connectivity index is 1.08. The standard InChI is InChI=1S/C42H39F7N6O2/c1-22(28-5-4-6-30(37(28)44)38(45)46)51-39-31-19-35(50-20-32(31)23(2)53-54-39)25-7-10-34(43)26(17-25)21-55-15-12-24(13-16-55)29-9-8-27(18-33(29)42(47,48)49)41(3)14-11-36(56)52-40(41)57/h4-10,17-20,22,24,38H,11-16,21H2,1-3H3,(H,51,54)(H,52,56,57)/t22-,41-/m1/s1. The first-order valence-electron chi connectivity index (χ1n) is 18.6. The third-order valence-electron chi connectivity index (χ3n) is 11.3. The Morgan fingerprint density at radius 3 is 2.40 bits per heavy atom. The van der Waals surface area contributed by atoms with E-state index < -0.39 is 64.6 Å². The zero-order valence-electron chi connectivity index (χ0n) is 31.3. The number of aromatic nitrogens is 3. The number of halogens is 7. The fourth-order valence-corrected chi connectivity index (χ4v) is 7.87. The largest absolute Gasteiger partial charge is 0.416 e. The summed E-state index contributed by atoms with van der Waals surface area (Å²) >= 11 is 0. The highest BCUT2D eigenvalue weighted by Crippen LogP contribution is 2.43. The van der Waals surface area contributed by atoms with Crippen molar-refractivity contribution in [2.75, 3.05) is 18.4 Å². The van der Waals surface area contributed by atoms with Gasteiger partial charge in [-0.3, -0.25) is 24.8 Å². The van der Waals surface area contributed by atoms with Gasteiger partial charge in [-0.05, 0) is 100 Å². The molecule has 4 heterocycles. The quantitative estimate of drug-likeness (QED) is 0.113. The number of pyridine rings is 1. The molecule has 298 valence electrons. The van der Waals surface area contributed by atoms with Crippen LogP contribution in [0.4, 0.5) is 36.6 Å². The topological polar surface area (TPSA) is 100 Å². The summed E-state index contributed by atoms with van der Waals surface area (Å²) in [4.78, 5) is 31.0. The summed E-state index contributed by atoms with van der Waals surface area (Å²) in [5.74, 6) is -2.68. The minimum atomic E-state index is -4.67. The van der Waals surface area contributed by atoms with E-state index in [1.54, 1.807) is 51.2 Å². The summed E-state index contributed by atoms with van der Waals surface area (Å²) in [5.41, 5.74) is -0.381. The monoisotopic (exact) mass is 792 g/mol. The number of aryl methyl sites for hydroxylation is 1. The second kappa shape index (κ2) is 15.5. The van der Waals surface area contributed by atoms with Crippen LogP contribution in [0.15, 0.2) is 66.9 Å². The second-order valence-corrected chi connectivity index (χ2v) is 15.0. The molecule has 0 spiro atoms. The van der Waals surface area contributed by atoms with Crippen molar-refractivity contribution in [2.24, 2.45) is 0 Å². The van der Waals surface area contributed by atoms with Gasteiger partial charge in [-0.1, -0.05) is 30.3 Å². The second-order valence-electron chi connectivity index (χ2n) is 15.0.